The summed E-state index contributed by atoms with van der Waals surface area (Å²) in [5.41, 5.74) is 2.01. The van der Waals surface area contributed by atoms with Crippen LogP contribution in [0.1, 0.15) is 6.92 Å². The van der Waals surface area contributed by atoms with Crippen LogP contribution in [0.4, 0.5) is 0 Å². The molecule has 0 radical (unpaired) electrons. The second-order valence-corrected chi connectivity index (χ2v) is 6.92. The van der Waals surface area contributed by atoms with Gasteiger partial charge < -0.3 is 14.6 Å². The second-order valence-electron chi connectivity index (χ2n) is 6.53. The Bertz CT molecular complexity index is 795. The molecule has 23 heavy (non-hydrogen) atoms. The molecule has 0 aliphatic heterocycles. The van der Waals surface area contributed by atoms with Crippen molar-refractivity contribution in [3.05, 3.63) is 33.6 Å². The van der Waals surface area contributed by atoms with Gasteiger partial charge in [0.2, 0.25) is 0 Å². The first-order valence-corrected chi connectivity index (χ1v) is 7.68. The highest BCUT2D eigenvalue weighted by Gasteiger charge is 2.10. The quantitative estimate of drug-likeness (QED) is 0.496. The van der Waals surface area contributed by atoms with Crippen LogP contribution in [-0.4, -0.2) is 63.0 Å². The van der Waals surface area contributed by atoms with Gasteiger partial charge in [0, 0.05) is 13.6 Å². The lowest BCUT2D eigenvalue weighted by molar-refractivity contribution is -0.870. The number of aliphatic hydroxyl groups is 1. The van der Waals surface area contributed by atoms with Gasteiger partial charge in [-0.25, -0.2) is 9.78 Å². The molecular weight excluding hydrogens is 314 g/mol. The van der Waals surface area contributed by atoms with E-state index in [9.17, 15) is 4.79 Å². The molecule has 2 rings (SSSR count). The molecule has 8 heteroatoms. The number of aromatic nitrogens is 4. The molecule has 0 aliphatic carbocycles. The molecule has 0 saturated heterocycles. The van der Waals surface area contributed by atoms with E-state index in [1.165, 1.54) is 10.9 Å². The number of nitrogens with one attached hydrogen (secondary N) is 1. The van der Waals surface area contributed by atoms with E-state index < -0.39 is 0 Å². The summed E-state index contributed by atoms with van der Waals surface area (Å²) in [5.74, 6) is 0. The highest BCUT2D eigenvalue weighted by Crippen LogP contribution is 2.09. The summed E-state index contributed by atoms with van der Waals surface area (Å²) in [6.45, 7) is 7.23. The largest absolute Gasteiger partial charge is 0.391 e. The van der Waals surface area contributed by atoms with Gasteiger partial charge in [-0.3, -0.25) is 9.13 Å². The van der Waals surface area contributed by atoms with Gasteiger partial charge in [0.1, 0.15) is 16.7 Å². The van der Waals surface area contributed by atoms with Crippen LogP contribution in [0.3, 0.4) is 0 Å². The Hall–Kier alpha value is -1.77. The number of allylic oxidation sites excluding steroid dienone is 1. The average Bonchev–Trinajstić information content (AvgIpc) is 2.89. The molecule has 7 nitrogen and oxygen atoms in total. The maximum absolute atomic E-state index is 12.0. The molecule has 0 spiro atoms. The van der Waals surface area contributed by atoms with Crippen LogP contribution < -0.4 is 5.69 Å². The van der Waals surface area contributed by atoms with Gasteiger partial charge >= 0.3 is 5.69 Å². The van der Waals surface area contributed by atoms with E-state index in [4.69, 9.17) is 17.3 Å². The molecule has 0 amide bonds. The SMILES string of the molecule is C=C(C)Cn1c(=O)n(C)c(=S)c2[nH]cnc21.C[N+](C)(C)CCO. The minimum atomic E-state index is -0.174. The number of hydrogen-bond acceptors (Lipinski definition) is 4. The van der Waals surface area contributed by atoms with E-state index >= 15 is 0 Å². The minimum absolute atomic E-state index is 0.174. The Morgan fingerprint density at radius 2 is 2.09 bits per heavy atom. The van der Waals surface area contributed by atoms with Crippen LogP contribution in [0.2, 0.25) is 0 Å². The number of fused-ring (bicyclic) bond motifs is 1. The Labute approximate surface area is 141 Å². The van der Waals surface area contributed by atoms with Gasteiger partial charge in [-0.2, -0.15) is 0 Å². The molecule has 0 atom stereocenters. The summed E-state index contributed by atoms with van der Waals surface area (Å²) in [6, 6.07) is 0. The molecule has 2 aromatic rings. The summed E-state index contributed by atoms with van der Waals surface area (Å²) in [5, 5.41) is 8.39. The Kier molecular flexibility index (Phi) is 6.43. The first-order valence-electron chi connectivity index (χ1n) is 7.27. The summed E-state index contributed by atoms with van der Waals surface area (Å²) >= 11 is 5.17. The molecule has 0 aliphatic rings. The van der Waals surface area contributed by atoms with Crippen molar-refractivity contribution in [3.63, 3.8) is 0 Å². The number of hydrogen-bond donors (Lipinski definition) is 2. The molecular formula is C15H26N5O2S+. The third-order valence-electron chi connectivity index (χ3n) is 3.11. The first-order chi connectivity index (χ1) is 10.6. The van der Waals surface area contributed by atoms with Crippen molar-refractivity contribution in [1.29, 1.82) is 0 Å². The highest BCUT2D eigenvalue weighted by atomic mass is 32.1. The number of rotatable bonds is 4. The predicted molar refractivity (Wildman–Crippen MR) is 95.0 cm³/mol. The number of quaternary nitrogens is 1. The average molecular weight is 340 g/mol. The molecule has 0 bridgehead atoms. The molecule has 2 aromatic heterocycles. The molecule has 0 saturated carbocycles. The molecule has 128 valence electrons. The van der Waals surface area contributed by atoms with Crippen molar-refractivity contribution in [2.24, 2.45) is 7.05 Å². The molecule has 0 unspecified atom stereocenters. The number of imidazole rings is 1. The molecule has 0 fully saturated rings. The maximum atomic E-state index is 12.0. The summed E-state index contributed by atoms with van der Waals surface area (Å²) in [7, 11) is 7.81. The highest BCUT2D eigenvalue weighted by molar-refractivity contribution is 7.71. The lowest BCUT2D eigenvalue weighted by Crippen LogP contribution is -2.36. The van der Waals surface area contributed by atoms with Crippen LogP contribution in [0.15, 0.2) is 23.3 Å². The molecule has 2 N–H and O–H groups in total. The lowest BCUT2D eigenvalue weighted by Gasteiger charge is -2.21. The topological polar surface area (TPSA) is 75.8 Å². The van der Waals surface area contributed by atoms with Crippen LogP contribution in [0, 0.1) is 4.64 Å². The normalized spacial score (nSPS) is 11.2. The van der Waals surface area contributed by atoms with Crippen LogP contribution >= 0.6 is 12.2 Å². The Morgan fingerprint density at radius 3 is 2.52 bits per heavy atom. The van der Waals surface area contributed by atoms with E-state index in [1.54, 1.807) is 11.6 Å². The summed E-state index contributed by atoms with van der Waals surface area (Å²) in [4.78, 5) is 19.1. The van der Waals surface area contributed by atoms with Crippen LogP contribution in [-0.2, 0) is 13.6 Å². The van der Waals surface area contributed by atoms with E-state index in [0.717, 1.165) is 16.6 Å². The van der Waals surface area contributed by atoms with Crippen molar-refractivity contribution in [2.75, 3.05) is 34.3 Å². The summed E-state index contributed by atoms with van der Waals surface area (Å²) < 4.78 is 4.30. The number of likely N-dealkylation sites (N-methyl/N-ethyl adjacent to an activating group) is 1. The monoisotopic (exact) mass is 340 g/mol. The number of aromatic amines is 1. The van der Waals surface area contributed by atoms with Crippen molar-refractivity contribution in [3.8, 4) is 0 Å². The fourth-order valence-electron chi connectivity index (χ4n) is 1.89. The predicted octanol–water partition coefficient (Wildman–Crippen LogP) is 1.05. The summed E-state index contributed by atoms with van der Waals surface area (Å²) in [6.07, 6.45) is 1.54. The van der Waals surface area contributed by atoms with Crippen molar-refractivity contribution in [1.82, 2.24) is 19.1 Å². The molecule has 2 heterocycles. The Balaban J connectivity index is 0.000000322. The van der Waals surface area contributed by atoms with Gasteiger partial charge in [0.05, 0.1) is 34.1 Å². The smallest absolute Gasteiger partial charge is 0.330 e. The fourth-order valence-corrected chi connectivity index (χ4v) is 2.12. The second kappa shape index (κ2) is 7.67. The van der Waals surface area contributed by atoms with Crippen molar-refractivity contribution >= 4 is 23.4 Å². The van der Waals surface area contributed by atoms with Gasteiger partial charge in [-0.05, 0) is 6.92 Å². The van der Waals surface area contributed by atoms with Gasteiger partial charge in [-0.15, -0.1) is 0 Å². The third kappa shape index (κ3) is 5.12. The zero-order chi connectivity index (χ0) is 17.8. The Morgan fingerprint density at radius 1 is 1.48 bits per heavy atom. The third-order valence-corrected chi connectivity index (χ3v) is 3.59. The van der Waals surface area contributed by atoms with Gasteiger partial charge in [0.25, 0.3) is 0 Å². The van der Waals surface area contributed by atoms with Gasteiger partial charge in [0.15, 0.2) is 5.65 Å². The van der Waals surface area contributed by atoms with E-state index in [-0.39, 0.29) is 12.3 Å². The molecule has 0 aromatic carbocycles. The van der Waals surface area contributed by atoms with Crippen LogP contribution in [0.5, 0.6) is 0 Å². The first kappa shape index (κ1) is 19.3. The fraction of sp³-hybridized carbons (Fsp3) is 0.533. The van der Waals surface area contributed by atoms with Crippen molar-refractivity contribution in [2.45, 2.75) is 13.5 Å². The van der Waals surface area contributed by atoms with Crippen LogP contribution in [0.25, 0.3) is 11.2 Å². The van der Waals surface area contributed by atoms with E-state index in [0.29, 0.717) is 22.3 Å². The van der Waals surface area contributed by atoms with Crippen molar-refractivity contribution < 1.29 is 9.59 Å². The number of H-pyrrole nitrogens is 1. The van der Waals surface area contributed by atoms with Gasteiger partial charge in [-0.1, -0.05) is 24.4 Å². The minimum Gasteiger partial charge on any atom is -0.391 e. The maximum Gasteiger partial charge on any atom is 0.330 e. The lowest BCUT2D eigenvalue weighted by atomic mass is 10.3. The van der Waals surface area contributed by atoms with E-state index in [2.05, 4.69) is 37.7 Å². The zero-order valence-corrected chi connectivity index (χ0v) is 15.3. The number of nitrogens with zero attached hydrogens (tertiary/aromatic N) is 4. The standard InChI is InChI=1S/C10H12N4OS.C5H14NO/c1-6(2)4-14-8-7(11-5-12-8)9(16)13(3)10(14)15;1-6(2,3)4-5-7/h5H,1,4H2,2-3H3,(H,11,12);7H,4-5H2,1-3H3/q;+1. The number of aliphatic hydroxyl groups excluding tert-OH is 1. The van der Waals surface area contributed by atoms with E-state index in [1.807, 2.05) is 6.92 Å². The zero-order valence-electron chi connectivity index (χ0n) is 14.5.